The van der Waals surface area contributed by atoms with Crippen LogP contribution < -0.4 is 5.73 Å². The van der Waals surface area contributed by atoms with Gasteiger partial charge < -0.3 is 10.5 Å². The van der Waals surface area contributed by atoms with Crippen LogP contribution in [0, 0.1) is 5.41 Å². The van der Waals surface area contributed by atoms with Crippen molar-refractivity contribution < 1.29 is 14.3 Å². The lowest BCUT2D eigenvalue weighted by molar-refractivity contribution is -0.143. The quantitative estimate of drug-likeness (QED) is 0.514. The summed E-state index contributed by atoms with van der Waals surface area (Å²) in [5.74, 6) is -0.578. The second-order valence-electron chi connectivity index (χ2n) is 4.42. The molecule has 1 aliphatic carbocycles. The molecule has 0 unspecified atom stereocenters. The first-order valence-electron chi connectivity index (χ1n) is 4.98. The van der Waals surface area contributed by atoms with Gasteiger partial charge in [-0.1, -0.05) is 6.92 Å². The number of ketones is 1. The van der Waals surface area contributed by atoms with E-state index in [-0.39, 0.29) is 17.5 Å². The fourth-order valence-electron chi connectivity index (χ4n) is 2.60. The second-order valence-corrected chi connectivity index (χ2v) is 4.42. The Morgan fingerprint density at radius 1 is 1.71 bits per heavy atom. The first-order valence-corrected chi connectivity index (χ1v) is 4.98. The monoisotopic (exact) mass is 197 g/mol. The Balaban J connectivity index is 2.39. The van der Waals surface area contributed by atoms with Crippen LogP contribution in [0.25, 0.3) is 0 Å². The Hall–Kier alpha value is -0.900. The molecule has 2 fully saturated rings. The molecule has 0 aromatic heterocycles. The van der Waals surface area contributed by atoms with Gasteiger partial charge in [0.05, 0.1) is 5.60 Å². The number of carbonyl (C=O) groups is 2. The van der Waals surface area contributed by atoms with Crippen molar-refractivity contribution in [3.8, 4) is 0 Å². The summed E-state index contributed by atoms with van der Waals surface area (Å²) in [7, 11) is 0. The molecular formula is C10H15NO3. The molecule has 4 nitrogen and oxygen atoms in total. The van der Waals surface area contributed by atoms with Gasteiger partial charge in [-0.3, -0.25) is 9.59 Å². The van der Waals surface area contributed by atoms with Gasteiger partial charge in [-0.25, -0.2) is 0 Å². The number of ether oxygens (including phenoxy) is 1. The molecular weight excluding hydrogens is 182 g/mol. The Morgan fingerprint density at radius 3 is 2.79 bits per heavy atom. The number of epoxide rings is 1. The van der Waals surface area contributed by atoms with Gasteiger partial charge in [0.25, 0.3) is 0 Å². The zero-order chi connectivity index (χ0) is 10.6. The molecule has 2 N–H and O–H groups in total. The normalized spacial score (nSPS) is 45.9. The third-order valence-corrected chi connectivity index (χ3v) is 3.68. The number of amides is 1. The van der Waals surface area contributed by atoms with Crippen LogP contribution in [0.3, 0.4) is 0 Å². The summed E-state index contributed by atoms with van der Waals surface area (Å²) in [4.78, 5) is 23.2. The van der Waals surface area contributed by atoms with Gasteiger partial charge in [0.2, 0.25) is 5.91 Å². The molecule has 0 aromatic rings. The molecule has 4 heteroatoms. The maximum Gasteiger partial charge on any atom is 0.233 e. The van der Waals surface area contributed by atoms with Gasteiger partial charge in [-0.2, -0.15) is 0 Å². The number of primary amides is 1. The van der Waals surface area contributed by atoms with E-state index in [4.69, 9.17) is 10.5 Å². The standard InChI is InChI=1S/C10H15NO3/c1-3-10(8(11)13)6(12)4-5-9(2)7(10)14-9/h7H,3-5H2,1-2H3,(H2,11,13)/t7-,9-,10+/m1/s1. The molecule has 0 radical (unpaired) electrons. The number of Topliss-reactive ketones (excluding diaryl/α,β-unsaturated/α-hetero) is 1. The van der Waals surface area contributed by atoms with Crippen molar-refractivity contribution in [2.45, 2.75) is 44.8 Å². The summed E-state index contributed by atoms with van der Waals surface area (Å²) in [6, 6.07) is 0. The topological polar surface area (TPSA) is 72.7 Å². The SMILES string of the molecule is CC[C@]1(C(N)=O)C(=O)CC[C@@]2(C)O[C@@H]12. The summed E-state index contributed by atoms with van der Waals surface area (Å²) in [6.07, 6.45) is 1.29. The van der Waals surface area contributed by atoms with Gasteiger partial charge in [-0.05, 0) is 19.8 Å². The van der Waals surface area contributed by atoms with E-state index in [0.717, 1.165) is 0 Å². The third-order valence-electron chi connectivity index (χ3n) is 3.68. The first-order chi connectivity index (χ1) is 6.47. The summed E-state index contributed by atoms with van der Waals surface area (Å²) in [5, 5.41) is 0. The fourth-order valence-corrected chi connectivity index (χ4v) is 2.60. The largest absolute Gasteiger partial charge is 0.369 e. The summed E-state index contributed by atoms with van der Waals surface area (Å²) < 4.78 is 5.48. The lowest BCUT2D eigenvalue weighted by Gasteiger charge is -2.30. The molecule has 1 saturated carbocycles. The molecule has 3 atom stereocenters. The highest BCUT2D eigenvalue weighted by atomic mass is 16.6. The zero-order valence-electron chi connectivity index (χ0n) is 8.50. The van der Waals surface area contributed by atoms with Crippen molar-refractivity contribution >= 4 is 11.7 Å². The lowest BCUT2D eigenvalue weighted by atomic mass is 9.67. The van der Waals surface area contributed by atoms with Crippen LogP contribution in [0.2, 0.25) is 0 Å². The highest BCUT2D eigenvalue weighted by Gasteiger charge is 2.70. The van der Waals surface area contributed by atoms with E-state index >= 15 is 0 Å². The van der Waals surface area contributed by atoms with Crippen LogP contribution >= 0.6 is 0 Å². The lowest BCUT2D eigenvalue weighted by Crippen LogP contribution is -2.52. The average molecular weight is 197 g/mol. The number of fused-ring (bicyclic) bond motifs is 1. The van der Waals surface area contributed by atoms with Gasteiger partial charge in [0.15, 0.2) is 5.78 Å². The predicted octanol–water partition coefficient (Wildman–Crippen LogP) is 0.388. The summed E-state index contributed by atoms with van der Waals surface area (Å²) >= 11 is 0. The average Bonchev–Trinajstić information content (AvgIpc) is 2.78. The number of carbonyl (C=O) groups excluding carboxylic acids is 2. The highest BCUT2D eigenvalue weighted by molar-refractivity contribution is 6.07. The van der Waals surface area contributed by atoms with Crippen molar-refractivity contribution in [3.63, 3.8) is 0 Å². The molecule has 0 bridgehead atoms. The van der Waals surface area contributed by atoms with Crippen molar-refractivity contribution in [2.75, 3.05) is 0 Å². The molecule has 0 spiro atoms. The molecule has 14 heavy (non-hydrogen) atoms. The molecule has 1 amide bonds. The molecule has 1 aliphatic heterocycles. The van der Waals surface area contributed by atoms with Gasteiger partial charge in [0.1, 0.15) is 11.5 Å². The van der Waals surface area contributed by atoms with Crippen LogP contribution in [0.15, 0.2) is 0 Å². The minimum atomic E-state index is -1.05. The molecule has 0 aromatic carbocycles. The summed E-state index contributed by atoms with van der Waals surface area (Å²) in [5.41, 5.74) is 4.01. The van der Waals surface area contributed by atoms with Gasteiger partial charge in [-0.15, -0.1) is 0 Å². The van der Waals surface area contributed by atoms with Crippen LogP contribution in [-0.4, -0.2) is 23.4 Å². The van der Waals surface area contributed by atoms with E-state index in [1.807, 2.05) is 13.8 Å². The zero-order valence-corrected chi connectivity index (χ0v) is 8.50. The van der Waals surface area contributed by atoms with Crippen molar-refractivity contribution in [1.82, 2.24) is 0 Å². The van der Waals surface area contributed by atoms with E-state index in [0.29, 0.717) is 19.3 Å². The highest BCUT2D eigenvalue weighted by Crippen LogP contribution is 2.56. The number of rotatable bonds is 2. The summed E-state index contributed by atoms with van der Waals surface area (Å²) in [6.45, 7) is 3.76. The smallest absolute Gasteiger partial charge is 0.233 e. The first kappa shape index (κ1) is 9.65. The van der Waals surface area contributed by atoms with Crippen molar-refractivity contribution in [1.29, 1.82) is 0 Å². The van der Waals surface area contributed by atoms with Crippen molar-refractivity contribution in [2.24, 2.45) is 11.1 Å². The maximum absolute atomic E-state index is 11.8. The number of nitrogens with two attached hydrogens (primary N) is 1. The number of hydrogen-bond donors (Lipinski definition) is 1. The molecule has 2 rings (SSSR count). The molecule has 1 heterocycles. The van der Waals surface area contributed by atoms with E-state index in [2.05, 4.69) is 0 Å². The fraction of sp³-hybridized carbons (Fsp3) is 0.800. The van der Waals surface area contributed by atoms with Gasteiger partial charge in [0, 0.05) is 6.42 Å². The van der Waals surface area contributed by atoms with Crippen LogP contribution in [0.4, 0.5) is 0 Å². The van der Waals surface area contributed by atoms with E-state index in [1.54, 1.807) is 0 Å². The Morgan fingerprint density at radius 2 is 2.36 bits per heavy atom. The Labute approximate surface area is 82.8 Å². The van der Waals surface area contributed by atoms with Gasteiger partial charge >= 0.3 is 0 Å². The Bertz CT molecular complexity index is 314. The number of hydrogen-bond acceptors (Lipinski definition) is 3. The van der Waals surface area contributed by atoms with E-state index in [9.17, 15) is 9.59 Å². The minimum Gasteiger partial charge on any atom is -0.369 e. The van der Waals surface area contributed by atoms with E-state index < -0.39 is 11.3 Å². The maximum atomic E-state index is 11.8. The molecule has 78 valence electrons. The van der Waals surface area contributed by atoms with E-state index in [1.165, 1.54) is 0 Å². The van der Waals surface area contributed by atoms with Crippen LogP contribution in [0.1, 0.15) is 33.1 Å². The van der Waals surface area contributed by atoms with Crippen molar-refractivity contribution in [3.05, 3.63) is 0 Å². The predicted molar refractivity (Wildman–Crippen MR) is 49.4 cm³/mol. The minimum absolute atomic E-state index is 0.0486. The second kappa shape index (κ2) is 2.57. The third kappa shape index (κ3) is 0.919. The molecule has 2 aliphatic rings. The molecule has 1 saturated heterocycles. The van der Waals surface area contributed by atoms with Crippen LogP contribution in [0.5, 0.6) is 0 Å². The van der Waals surface area contributed by atoms with Crippen LogP contribution in [-0.2, 0) is 14.3 Å². The Kier molecular flexibility index (Phi) is 1.77.